The molecular weight excluding hydrogens is 1870 g/mol. The zero-order chi connectivity index (χ0) is 94.7. The second kappa shape index (κ2) is 37.1. The SMILES string of the molecule is Cc1ccc(N(c2ccc(-c3c4nc(c(-c5ccccn5)c5[nH]c(cc5-c5ccccc5)c(Br)c5nc(c(-c6ccccn6)c6[nH]c3cc6-c3ccccc3)C(C3=CC=CCC3)=C5)C(c3ccccc3)=C4)cc2)c2ccc(-c3c4nc(c(-c5ccccn5)c5[nH]c(cc5-c5ccccc5)c(Br)c5nc(c(-c6ccccn6)c6[nH]c3cc6-c3ccccc3)C(C3=CC=CCC3)=C5)C(c3ccccc3)=C4)cc2)cc1. The normalized spacial score (nSPS) is 13.3. The molecule has 10 aromatic heterocycles. The lowest BCUT2D eigenvalue weighted by atomic mass is 9.91. The van der Waals surface area contributed by atoms with Crippen molar-refractivity contribution >= 4 is 140 Å². The fourth-order valence-electron chi connectivity index (χ4n) is 20.6. The summed E-state index contributed by atoms with van der Waals surface area (Å²) >= 11 is 8.56. The second-order valence-electron chi connectivity index (χ2n) is 36.0. The van der Waals surface area contributed by atoms with Crippen LogP contribution in [-0.2, 0) is 0 Å². The number of rotatable bonds is 17. The molecule has 0 saturated carbocycles. The third-order valence-corrected chi connectivity index (χ3v) is 29.0. The van der Waals surface area contributed by atoms with Gasteiger partial charge in [0.1, 0.15) is 0 Å². The molecule has 4 aliphatic heterocycles. The Kier molecular flexibility index (Phi) is 22.5. The summed E-state index contributed by atoms with van der Waals surface area (Å²) in [7, 11) is 0. The van der Waals surface area contributed by atoms with Crippen molar-refractivity contribution in [2.24, 2.45) is 0 Å². The van der Waals surface area contributed by atoms with E-state index in [-0.39, 0.29) is 0 Å². The van der Waals surface area contributed by atoms with Crippen molar-refractivity contribution in [2.75, 3.05) is 4.90 Å². The fourth-order valence-corrected chi connectivity index (χ4v) is 21.4. The lowest BCUT2D eigenvalue weighted by Crippen LogP contribution is -2.09. The van der Waals surface area contributed by atoms with Gasteiger partial charge in [0, 0.05) is 109 Å². The summed E-state index contributed by atoms with van der Waals surface area (Å²) in [5.74, 6) is 0. The Morgan fingerprint density at radius 3 is 0.838 bits per heavy atom. The fraction of sp³-hybridized carbons (Fsp3) is 0.0394. The number of pyridine rings is 4. The molecule has 19 aromatic rings. The first-order valence-corrected chi connectivity index (χ1v) is 49.5. The highest BCUT2D eigenvalue weighted by molar-refractivity contribution is 9.11. The Balaban J connectivity index is 0.758. The molecule has 2 aliphatic carbocycles. The van der Waals surface area contributed by atoms with Crippen LogP contribution in [0, 0.1) is 6.92 Å². The number of aryl methyl sites for hydroxylation is 1. The van der Waals surface area contributed by atoms with Crippen LogP contribution in [0.4, 0.5) is 17.1 Å². The summed E-state index contributed by atoms with van der Waals surface area (Å²) in [4.78, 5) is 64.1. The number of aromatic amines is 4. The first-order valence-electron chi connectivity index (χ1n) is 47.9. The number of hydrogen-bond acceptors (Lipinski definition) is 9. The van der Waals surface area contributed by atoms with E-state index in [9.17, 15) is 0 Å². The monoisotopic (exact) mass is 1950 g/mol. The van der Waals surface area contributed by atoms with Crippen molar-refractivity contribution in [3.63, 3.8) is 0 Å². The summed E-state index contributed by atoms with van der Waals surface area (Å²) in [6.07, 6.45) is 33.3. The Morgan fingerprint density at radius 2 is 0.535 bits per heavy atom. The molecule has 4 N–H and O–H groups in total. The van der Waals surface area contributed by atoms with E-state index in [1.54, 1.807) is 0 Å². The van der Waals surface area contributed by atoms with Gasteiger partial charge in [0.25, 0.3) is 0 Å². The molecule has 0 amide bonds. The smallest absolute Gasteiger partial charge is 0.0831 e. The molecule has 15 heteroatoms. The lowest BCUT2D eigenvalue weighted by molar-refractivity contribution is 0.996. The number of nitrogens with one attached hydrogen (secondary N) is 4. The average molecular weight is 1950 g/mol. The minimum Gasteiger partial charge on any atom is -0.354 e. The van der Waals surface area contributed by atoms with Gasteiger partial charge in [-0.25, -0.2) is 19.9 Å². The number of hydrogen-bond donors (Lipinski definition) is 4. The van der Waals surface area contributed by atoms with Crippen molar-refractivity contribution in [1.29, 1.82) is 0 Å². The molecule has 14 heterocycles. The highest BCUT2D eigenvalue weighted by atomic mass is 79.9. The molecule has 0 saturated heterocycles. The van der Waals surface area contributed by atoms with E-state index in [1.165, 1.54) is 11.1 Å². The van der Waals surface area contributed by atoms with E-state index in [2.05, 4.69) is 452 Å². The van der Waals surface area contributed by atoms with Crippen LogP contribution in [0.25, 0.3) is 203 Å². The van der Waals surface area contributed by atoms with Gasteiger partial charge in [-0.1, -0.05) is 285 Å². The second-order valence-corrected chi connectivity index (χ2v) is 37.6. The van der Waals surface area contributed by atoms with Crippen LogP contribution < -0.4 is 4.90 Å². The predicted octanol–water partition coefficient (Wildman–Crippen LogP) is 33.3. The predicted molar refractivity (Wildman–Crippen MR) is 591 cm³/mol. The third kappa shape index (κ3) is 16.0. The van der Waals surface area contributed by atoms with E-state index < -0.39 is 0 Å². The molecule has 0 radical (unpaired) electrons. The molecule has 13 nitrogen and oxygen atoms in total. The molecule has 6 aliphatic rings. The summed E-state index contributed by atoms with van der Waals surface area (Å²) in [6, 6.07) is 124. The molecule has 9 aromatic carbocycles. The van der Waals surface area contributed by atoms with E-state index in [4.69, 9.17) is 39.9 Å². The first kappa shape index (κ1) is 86.1. The van der Waals surface area contributed by atoms with E-state index >= 15 is 0 Å². The molecule has 16 bridgehead atoms. The van der Waals surface area contributed by atoms with Gasteiger partial charge in [-0.15, -0.1) is 0 Å². The van der Waals surface area contributed by atoms with Gasteiger partial charge in [0.05, 0.1) is 133 Å². The first-order chi connectivity index (χ1) is 70.2. The quantitative estimate of drug-likeness (QED) is 0.0693. The van der Waals surface area contributed by atoms with E-state index in [1.807, 2.05) is 49.1 Å². The lowest BCUT2D eigenvalue weighted by Gasteiger charge is -2.26. The third-order valence-electron chi connectivity index (χ3n) is 27.3. The van der Waals surface area contributed by atoms with Crippen LogP contribution in [-0.4, -0.2) is 59.8 Å². The van der Waals surface area contributed by atoms with Gasteiger partial charge in [-0.3, -0.25) is 19.9 Å². The zero-order valence-corrected chi connectivity index (χ0v) is 80.4. The summed E-state index contributed by atoms with van der Waals surface area (Å²) in [5, 5.41) is 0. The van der Waals surface area contributed by atoms with Crippen LogP contribution in [0.5, 0.6) is 0 Å². The number of benzene rings is 9. The molecule has 674 valence electrons. The van der Waals surface area contributed by atoms with Crippen LogP contribution in [0.3, 0.4) is 0 Å². The van der Waals surface area contributed by atoms with Gasteiger partial charge in [-0.2, -0.15) is 0 Å². The maximum Gasteiger partial charge on any atom is 0.0831 e. The highest BCUT2D eigenvalue weighted by Crippen LogP contribution is 2.53. The van der Waals surface area contributed by atoms with Gasteiger partial charge >= 0.3 is 0 Å². The molecule has 0 atom stereocenters. The number of halogens is 2. The Hall–Kier alpha value is -17.5. The Bertz CT molecular complexity index is 8380. The molecule has 0 unspecified atom stereocenters. The van der Waals surface area contributed by atoms with E-state index in [0.717, 1.165) is 292 Å². The minimum atomic E-state index is 0.734. The molecule has 25 rings (SSSR count). The number of nitrogens with zero attached hydrogens (tertiary/aromatic N) is 9. The summed E-state index contributed by atoms with van der Waals surface area (Å²) < 4.78 is 1.58. The van der Waals surface area contributed by atoms with Crippen molar-refractivity contribution in [3.8, 4) is 112 Å². The summed E-state index contributed by atoms with van der Waals surface area (Å²) in [6.45, 7) is 2.14. The van der Waals surface area contributed by atoms with Crippen molar-refractivity contribution in [2.45, 2.75) is 32.6 Å². The molecule has 142 heavy (non-hydrogen) atoms. The topological polar surface area (TPSA) is 170 Å². The van der Waals surface area contributed by atoms with Crippen LogP contribution in [0.1, 0.15) is 87.9 Å². The van der Waals surface area contributed by atoms with Crippen LogP contribution in [0.2, 0.25) is 0 Å². The van der Waals surface area contributed by atoms with Crippen molar-refractivity contribution in [1.82, 2.24) is 59.8 Å². The number of fused-ring (bicyclic) bond motifs is 16. The Morgan fingerprint density at radius 1 is 0.261 bits per heavy atom. The Labute approximate surface area is 837 Å². The largest absolute Gasteiger partial charge is 0.354 e. The van der Waals surface area contributed by atoms with Gasteiger partial charge in [0.15, 0.2) is 0 Å². The van der Waals surface area contributed by atoms with Crippen molar-refractivity contribution < 1.29 is 0 Å². The van der Waals surface area contributed by atoms with Crippen LogP contribution >= 0.6 is 31.9 Å². The maximum absolute atomic E-state index is 6.14. The van der Waals surface area contributed by atoms with Gasteiger partial charge < -0.3 is 24.8 Å². The maximum atomic E-state index is 6.14. The van der Waals surface area contributed by atoms with Gasteiger partial charge in [-0.05, 0) is 254 Å². The van der Waals surface area contributed by atoms with E-state index in [0.29, 0.717) is 0 Å². The zero-order valence-electron chi connectivity index (χ0n) is 77.2. The highest BCUT2D eigenvalue weighted by Gasteiger charge is 2.33. The number of anilines is 3. The minimum absolute atomic E-state index is 0.734. The average Bonchev–Trinajstić information content (AvgIpc) is 1.58. The molecule has 0 fully saturated rings. The number of allylic oxidation sites excluding steroid dienone is 10. The summed E-state index contributed by atoms with van der Waals surface area (Å²) in [5.41, 5.74) is 42.7. The molecular formula is C127H87Br2N13. The number of H-pyrrole nitrogens is 4. The standard InChI is InChI=1S/C127H87Br2N13/c1-78-54-60-89(61-55-78)142(90-62-56-87(57-63-90)112-104-70-92(79-34-10-2-11-35-79)120(134-104)114(100-50-26-30-66-130-100)124-96(83-42-18-6-19-43-83)74-108(138-124)118(128)109-75-97(84-44-20-7-21-45-84)125(139-109)115(101-51-27-31-67-131-101)121-93(71-105(112)135-121)80-36-12-3-13-37-80)91-64-58-88(59-65-91)113-106-72-94(81-38-14-4-15-39-81)122(136-106)116(102-52-28-32-68-132-102)126-98(85-46-22-8-23-47-85)76-110(140-126)119(129)111-77-99(86-48-24-9-25-49-86)127(141-111)117(103-53-29-33-69-133-103)123-95(73-107(113)137-123)82-40-16-5-17-41-82/h2-20,22-24,26-44,46-48,50-77,135,137-138,140H,21,25,45,49H2,1H3. The number of aromatic nitrogens is 12. The van der Waals surface area contributed by atoms with Crippen LogP contribution in [0.15, 0.2) is 433 Å². The molecule has 0 spiro atoms. The van der Waals surface area contributed by atoms with Gasteiger partial charge in [0.2, 0.25) is 0 Å². The van der Waals surface area contributed by atoms with Crippen molar-refractivity contribution in [3.05, 3.63) is 495 Å².